The Morgan fingerprint density at radius 2 is 2.15 bits per heavy atom. The van der Waals surface area contributed by atoms with Gasteiger partial charge >= 0.3 is 0 Å². The summed E-state index contributed by atoms with van der Waals surface area (Å²) in [6, 6.07) is 3.74. The van der Waals surface area contributed by atoms with Crippen LogP contribution >= 0.6 is 34.5 Å². The lowest BCUT2D eigenvalue weighted by atomic mass is 10.4. The van der Waals surface area contributed by atoms with Gasteiger partial charge in [0, 0.05) is 11.9 Å². The lowest BCUT2D eigenvalue weighted by molar-refractivity contribution is 0.597. The van der Waals surface area contributed by atoms with Gasteiger partial charge in [0.25, 0.3) is 0 Å². The summed E-state index contributed by atoms with van der Waals surface area (Å²) in [6.07, 6.45) is 0. The van der Waals surface area contributed by atoms with Gasteiger partial charge in [-0.05, 0) is 23.7 Å². The van der Waals surface area contributed by atoms with E-state index in [-0.39, 0.29) is 16.5 Å². The van der Waals surface area contributed by atoms with Crippen LogP contribution in [-0.2, 0) is 16.4 Å². The normalized spacial score (nSPS) is 11.8. The Morgan fingerprint density at radius 3 is 2.70 bits per heavy atom. The summed E-state index contributed by atoms with van der Waals surface area (Å²) in [7, 11) is -1.57. The van der Waals surface area contributed by atoms with Crippen molar-refractivity contribution >= 4 is 55.1 Å². The first-order valence-electron chi connectivity index (χ1n) is 5.78. The number of nitrogens with two attached hydrogens (primary N) is 1. The quantitative estimate of drug-likeness (QED) is 0.896. The van der Waals surface area contributed by atoms with Crippen LogP contribution in [0.5, 0.6) is 0 Å². The second-order valence-electron chi connectivity index (χ2n) is 4.17. The highest BCUT2D eigenvalue weighted by atomic mass is 35.5. The van der Waals surface area contributed by atoms with Crippen LogP contribution in [0, 0.1) is 0 Å². The highest BCUT2D eigenvalue weighted by molar-refractivity contribution is 7.91. The van der Waals surface area contributed by atoms with Gasteiger partial charge in [0.15, 0.2) is 15.7 Å². The van der Waals surface area contributed by atoms with Gasteiger partial charge in [0.2, 0.25) is 0 Å². The summed E-state index contributed by atoms with van der Waals surface area (Å²) in [6.45, 7) is 2.15. The van der Waals surface area contributed by atoms with E-state index in [1.807, 2.05) is 24.1 Å². The Hall–Kier alpha value is -0.830. The SMILES string of the molecule is CCS(=O)(=O)c1c(N)nsc1N(C)Cc1ccc(Cl)s1. The third-order valence-electron chi connectivity index (χ3n) is 2.72. The standard InChI is InChI=1S/C11H14ClN3O2S3/c1-3-20(16,17)9-10(13)14-19-11(9)15(2)6-7-4-5-8(12)18-7/h4-5H,3,6H2,1-2H3,(H2,13,14). The predicted octanol–water partition coefficient (Wildman–Crippen LogP) is 2.87. The Bertz CT molecular complexity index is 708. The van der Waals surface area contributed by atoms with Crippen LogP contribution in [-0.4, -0.2) is 25.6 Å². The maximum atomic E-state index is 12.1. The predicted molar refractivity (Wildman–Crippen MR) is 85.7 cm³/mol. The van der Waals surface area contributed by atoms with Gasteiger partial charge in [0.1, 0.15) is 9.90 Å². The van der Waals surface area contributed by atoms with Crippen LogP contribution in [0.3, 0.4) is 0 Å². The molecule has 9 heteroatoms. The molecule has 0 saturated heterocycles. The van der Waals surface area contributed by atoms with Gasteiger partial charge < -0.3 is 10.6 Å². The molecule has 2 heterocycles. The summed E-state index contributed by atoms with van der Waals surface area (Å²) in [5, 5.41) is 0.564. The first-order chi connectivity index (χ1) is 9.35. The minimum atomic E-state index is -3.39. The van der Waals surface area contributed by atoms with Gasteiger partial charge in [-0.15, -0.1) is 11.3 Å². The fourth-order valence-electron chi connectivity index (χ4n) is 1.71. The number of aromatic nitrogens is 1. The summed E-state index contributed by atoms with van der Waals surface area (Å²) in [5.41, 5.74) is 5.71. The van der Waals surface area contributed by atoms with Gasteiger partial charge in [-0.2, -0.15) is 4.37 Å². The minimum absolute atomic E-state index is 0.00127. The Labute approximate surface area is 131 Å². The average molecular weight is 352 g/mol. The summed E-state index contributed by atoms with van der Waals surface area (Å²) in [4.78, 5) is 3.01. The number of hydrogen-bond acceptors (Lipinski definition) is 7. The fraction of sp³-hybridized carbons (Fsp3) is 0.364. The zero-order chi connectivity index (χ0) is 14.9. The van der Waals surface area contributed by atoms with E-state index in [0.29, 0.717) is 15.9 Å². The number of halogens is 1. The number of nitrogens with zero attached hydrogens (tertiary/aromatic N) is 2. The summed E-state index contributed by atoms with van der Waals surface area (Å²) < 4.78 is 28.9. The van der Waals surface area contributed by atoms with E-state index >= 15 is 0 Å². The van der Waals surface area contributed by atoms with Crippen LogP contribution in [0.2, 0.25) is 4.34 Å². The molecule has 0 atom stereocenters. The van der Waals surface area contributed by atoms with Gasteiger partial charge in [-0.25, -0.2) is 8.42 Å². The minimum Gasteiger partial charge on any atom is -0.382 e. The van der Waals surface area contributed by atoms with Crippen molar-refractivity contribution in [1.82, 2.24) is 4.37 Å². The molecule has 0 unspecified atom stereocenters. The lowest BCUT2D eigenvalue weighted by Crippen LogP contribution is -2.18. The monoisotopic (exact) mass is 351 g/mol. The molecule has 2 aromatic heterocycles. The van der Waals surface area contributed by atoms with E-state index in [1.54, 1.807) is 6.92 Å². The Kier molecular flexibility index (Phi) is 4.58. The number of rotatable bonds is 5. The van der Waals surface area contributed by atoms with Crippen LogP contribution in [0.25, 0.3) is 0 Å². The molecule has 0 aliphatic rings. The molecule has 20 heavy (non-hydrogen) atoms. The molecule has 0 fully saturated rings. The van der Waals surface area contributed by atoms with Crippen LogP contribution in [0.15, 0.2) is 17.0 Å². The maximum absolute atomic E-state index is 12.1. The molecule has 0 radical (unpaired) electrons. The largest absolute Gasteiger partial charge is 0.382 e. The summed E-state index contributed by atoms with van der Waals surface area (Å²) >= 11 is 8.45. The molecule has 2 rings (SSSR count). The molecule has 0 aliphatic heterocycles. The number of thiophene rings is 1. The van der Waals surface area contributed by atoms with Crippen molar-refractivity contribution in [2.24, 2.45) is 0 Å². The van der Waals surface area contributed by atoms with Crippen molar-refractivity contribution < 1.29 is 8.42 Å². The summed E-state index contributed by atoms with van der Waals surface area (Å²) in [5.74, 6) is 0.0734. The number of nitrogen functional groups attached to an aromatic ring is 1. The van der Waals surface area contributed by atoms with Crippen molar-refractivity contribution in [2.45, 2.75) is 18.4 Å². The van der Waals surface area contributed by atoms with E-state index in [2.05, 4.69) is 4.37 Å². The Morgan fingerprint density at radius 1 is 1.45 bits per heavy atom. The number of sulfone groups is 1. The molecule has 0 amide bonds. The molecule has 0 aliphatic carbocycles. The molecule has 5 nitrogen and oxygen atoms in total. The second kappa shape index (κ2) is 5.88. The van der Waals surface area contributed by atoms with E-state index in [4.69, 9.17) is 17.3 Å². The zero-order valence-corrected chi connectivity index (χ0v) is 14.2. The van der Waals surface area contributed by atoms with Crippen LogP contribution in [0.1, 0.15) is 11.8 Å². The fourth-order valence-corrected chi connectivity index (χ4v) is 5.14. The van der Waals surface area contributed by atoms with E-state index < -0.39 is 9.84 Å². The maximum Gasteiger partial charge on any atom is 0.184 e. The highest BCUT2D eigenvalue weighted by Crippen LogP contribution is 2.36. The molecule has 2 N–H and O–H groups in total. The molecule has 0 aromatic carbocycles. The van der Waals surface area contributed by atoms with Crippen molar-refractivity contribution in [3.63, 3.8) is 0 Å². The van der Waals surface area contributed by atoms with E-state index in [9.17, 15) is 8.42 Å². The smallest absolute Gasteiger partial charge is 0.184 e. The molecule has 0 spiro atoms. The molecule has 2 aromatic rings. The first kappa shape index (κ1) is 15.6. The average Bonchev–Trinajstić information content (AvgIpc) is 2.96. The molecule has 110 valence electrons. The van der Waals surface area contributed by atoms with Crippen molar-refractivity contribution in [3.05, 3.63) is 21.3 Å². The van der Waals surface area contributed by atoms with Gasteiger partial charge in [-0.3, -0.25) is 0 Å². The highest BCUT2D eigenvalue weighted by Gasteiger charge is 2.26. The van der Waals surface area contributed by atoms with Crippen molar-refractivity contribution in [2.75, 3.05) is 23.4 Å². The van der Waals surface area contributed by atoms with Gasteiger partial charge in [-0.1, -0.05) is 18.5 Å². The van der Waals surface area contributed by atoms with Crippen LogP contribution < -0.4 is 10.6 Å². The van der Waals surface area contributed by atoms with E-state index in [1.165, 1.54) is 11.3 Å². The van der Waals surface area contributed by atoms with Crippen molar-refractivity contribution in [3.8, 4) is 0 Å². The second-order valence-corrected chi connectivity index (χ2v) is 8.93. The number of anilines is 2. The first-order valence-corrected chi connectivity index (χ1v) is 9.40. The lowest BCUT2D eigenvalue weighted by Gasteiger charge is -2.17. The van der Waals surface area contributed by atoms with Crippen molar-refractivity contribution in [1.29, 1.82) is 0 Å². The molecule has 0 bridgehead atoms. The topological polar surface area (TPSA) is 76.3 Å². The Balaban J connectivity index is 2.34. The van der Waals surface area contributed by atoms with E-state index in [0.717, 1.165) is 16.4 Å². The van der Waals surface area contributed by atoms with Crippen LogP contribution in [0.4, 0.5) is 10.8 Å². The third-order valence-corrected chi connectivity index (χ3v) is 6.82. The number of hydrogen-bond donors (Lipinski definition) is 1. The molecular weight excluding hydrogens is 338 g/mol. The third kappa shape index (κ3) is 3.08. The van der Waals surface area contributed by atoms with Gasteiger partial charge in [0.05, 0.1) is 16.6 Å². The zero-order valence-electron chi connectivity index (χ0n) is 11.0. The molecular formula is C11H14ClN3O2S3. The molecule has 0 saturated carbocycles.